The van der Waals surface area contributed by atoms with Crippen LogP contribution in [0.3, 0.4) is 0 Å². The van der Waals surface area contributed by atoms with Crippen molar-refractivity contribution in [2.24, 2.45) is 11.3 Å². The van der Waals surface area contributed by atoms with Gasteiger partial charge in [-0.3, -0.25) is 0 Å². The van der Waals surface area contributed by atoms with E-state index in [0.717, 1.165) is 25.7 Å². The molecule has 0 radical (unpaired) electrons. The van der Waals surface area contributed by atoms with Crippen LogP contribution in [0.15, 0.2) is 18.5 Å². The maximum atomic E-state index is 11.8. The standard InChI is InChI=1S/C25H34N6O4S/c1-13-18(22-29-16-10-31(33)8-7-17(16)36-22)21(30-23(27-13)26-12-24(2,3)4)28-15-9-14(11-32)19-20(15)35-25(5,6)34-19/h7-8,10,14-15,19-20,32H,9,11-12H2,1-6H3,(H2,26,27,28,30)/t14-,15-,19-,20+/m1/s1. The summed E-state index contributed by atoms with van der Waals surface area (Å²) < 4.78 is 14.0. The van der Waals surface area contributed by atoms with Gasteiger partial charge in [0.2, 0.25) is 12.1 Å². The summed E-state index contributed by atoms with van der Waals surface area (Å²) in [5, 5.41) is 29.5. The Kier molecular flexibility index (Phi) is 6.30. The lowest BCUT2D eigenvalue weighted by Gasteiger charge is -2.25. The molecule has 2 fully saturated rings. The molecule has 1 saturated heterocycles. The SMILES string of the molecule is Cc1nc(NCC(C)(C)C)nc(N[C@@H]2C[C@H](CO)[C@H]3OC(C)(C)O[C@H]32)c1-c1nc2c[n+]([O-])ccc2s1. The van der Waals surface area contributed by atoms with Crippen LogP contribution in [0.2, 0.25) is 0 Å². The van der Waals surface area contributed by atoms with E-state index in [2.05, 4.69) is 31.4 Å². The van der Waals surface area contributed by atoms with Crippen LogP contribution in [0.5, 0.6) is 0 Å². The Morgan fingerprint density at radius 3 is 2.69 bits per heavy atom. The zero-order valence-corrected chi connectivity index (χ0v) is 22.3. The summed E-state index contributed by atoms with van der Waals surface area (Å²) in [5.74, 6) is 0.426. The monoisotopic (exact) mass is 514 g/mol. The highest BCUT2D eigenvalue weighted by Gasteiger charge is 2.54. The van der Waals surface area contributed by atoms with Crippen molar-refractivity contribution >= 4 is 33.3 Å². The van der Waals surface area contributed by atoms with Crippen LogP contribution in [0.25, 0.3) is 20.8 Å². The smallest absolute Gasteiger partial charge is 0.224 e. The summed E-state index contributed by atoms with van der Waals surface area (Å²) in [6, 6.07) is 1.65. The number of aliphatic hydroxyl groups is 1. The van der Waals surface area contributed by atoms with Crippen LogP contribution < -0.4 is 15.4 Å². The van der Waals surface area contributed by atoms with Gasteiger partial charge < -0.3 is 30.4 Å². The minimum absolute atomic E-state index is 0.0277. The fourth-order valence-electron chi connectivity index (χ4n) is 4.91. The highest BCUT2D eigenvalue weighted by molar-refractivity contribution is 7.21. The third-order valence-electron chi connectivity index (χ3n) is 6.52. The van der Waals surface area contributed by atoms with Crippen molar-refractivity contribution in [2.45, 2.75) is 72.0 Å². The number of pyridine rings is 1. The van der Waals surface area contributed by atoms with Gasteiger partial charge in [0.05, 0.1) is 28.1 Å². The van der Waals surface area contributed by atoms with Crippen molar-refractivity contribution in [1.82, 2.24) is 15.0 Å². The number of thiazole rings is 1. The molecular formula is C25H34N6O4S. The van der Waals surface area contributed by atoms with Crippen molar-refractivity contribution in [3.63, 3.8) is 0 Å². The maximum absolute atomic E-state index is 11.8. The van der Waals surface area contributed by atoms with E-state index in [1.807, 2.05) is 20.8 Å². The third-order valence-corrected chi connectivity index (χ3v) is 7.58. The Bertz CT molecular complexity index is 1270. The first kappa shape index (κ1) is 25.1. The number of hydrogen-bond donors (Lipinski definition) is 3. The van der Waals surface area contributed by atoms with E-state index in [0.29, 0.717) is 30.2 Å². The lowest BCUT2D eigenvalue weighted by molar-refractivity contribution is -0.603. The van der Waals surface area contributed by atoms with Crippen LogP contribution >= 0.6 is 11.3 Å². The average molecular weight is 515 g/mol. The van der Waals surface area contributed by atoms with Crippen LogP contribution in [-0.2, 0) is 9.47 Å². The zero-order valence-electron chi connectivity index (χ0n) is 21.5. The molecule has 194 valence electrons. The van der Waals surface area contributed by atoms with Crippen LogP contribution in [-0.4, -0.2) is 57.2 Å². The summed E-state index contributed by atoms with van der Waals surface area (Å²) in [7, 11) is 0. The quantitative estimate of drug-likeness (QED) is 0.334. The Balaban J connectivity index is 1.54. The predicted molar refractivity (Wildman–Crippen MR) is 139 cm³/mol. The molecule has 1 saturated carbocycles. The van der Waals surface area contributed by atoms with E-state index in [1.54, 1.807) is 6.07 Å². The molecule has 3 aromatic heterocycles. The highest BCUT2D eigenvalue weighted by atomic mass is 32.1. The van der Waals surface area contributed by atoms with E-state index < -0.39 is 5.79 Å². The third kappa shape index (κ3) is 4.97. The van der Waals surface area contributed by atoms with Crippen LogP contribution in [0, 0.1) is 23.5 Å². The van der Waals surface area contributed by atoms with Crippen molar-refractivity contribution in [3.05, 3.63) is 29.4 Å². The molecule has 11 heteroatoms. The molecule has 36 heavy (non-hydrogen) atoms. The van der Waals surface area contributed by atoms with Crippen molar-refractivity contribution in [3.8, 4) is 10.6 Å². The topological polar surface area (TPSA) is 128 Å². The summed E-state index contributed by atoms with van der Waals surface area (Å²) in [6.45, 7) is 12.9. The van der Waals surface area contributed by atoms with Gasteiger partial charge in [0.1, 0.15) is 22.4 Å². The molecule has 1 aliphatic carbocycles. The first-order valence-corrected chi connectivity index (χ1v) is 13.1. The van der Waals surface area contributed by atoms with Gasteiger partial charge in [0, 0.05) is 25.1 Å². The minimum atomic E-state index is -0.715. The molecule has 3 aromatic rings. The molecule has 0 aromatic carbocycles. The molecule has 0 unspecified atom stereocenters. The fourth-order valence-corrected chi connectivity index (χ4v) is 5.94. The second kappa shape index (κ2) is 9.05. The fraction of sp³-hybridized carbons (Fsp3) is 0.600. The van der Waals surface area contributed by atoms with E-state index in [-0.39, 0.29) is 36.2 Å². The number of nitrogens with zero attached hydrogens (tertiary/aromatic N) is 4. The van der Waals surface area contributed by atoms with E-state index in [4.69, 9.17) is 24.4 Å². The molecule has 0 amide bonds. The van der Waals surface area contributed by atoms with E-state index in [1.165, 1.54) is 23.7 Å². The second-order valence-electron chi connectivity index (χ2n) is 11.3. The first-order valence-electron chi connectivity index (χ1n) is 12.3. The number of rotatable bonds is 6. The highest BCUT2D eigenvalue weighted by Crippen LogP contribution is 2.44. The maximum Gasteiger partial charge on any atom is 0.224 e. The molecule has 4 heterocycles. The second-order valence-corrected chi connectivity index (χ2v) is 12.4. The van der Waals surface area contributed by atoms with Crippen molar-refractivity contribution < 1.29 is 19.3 Å². The number of anilines is 2. The van der Waals surface area contributed by atoms with Gasteiger partial charge >= 0.3 is 0 Å². The van der Waals surface area contributed by atoms with Crippen LogP contribution in [0.4, 0.5) is 11.8 Å². The number of ether oxygens (including phenoxy) is 2. The molecular weight excluding hydrogens is 480 g/mol. The summed E-state index contributed by atoms with van der Waals surface area (Å²) >= 11 is 1.49. The Morgan fingerprint density at radius 2 is 1.97 bits per heavy atom. The van der Waals surface area contributed by atoms with Gasteiger partial charge in [-0.05, 0) is 32.6 Å². The largest absolute Gasteiger partial charge is 0.619 e. The molecule has 10 nitrogen and oxygen atoms in total. The summed E-state index contributed by atoms with van der Waals surface area (Å²) in [6.07, 6.45) is 3.21. The molecule has 0 spiro atoms. The van der Waals surface area contributed by atoms with Crippen LogP contribution in [0.1, 0.15) is 46.7 Å². The number of aromatic nitrogens is 4. The predicted octanol–water partition coefficient (Wildman–Crippen LogP) is 3.47. The average Bonchev–Trinajstić information content (AvgIpc) is 3.42. The Hall–Kier alpha value is -2.60. The lowest BCUT2D eigenvalue weighted by Crippen LogP contribution is -2.35. The van der Waals surface area contributed by atoms with Gasteiger partial charge in [-0.2, -0.15) is 9.71 Å². The number of aryl methyl sites for hydroxylation is 1. The van der Waals surface area contributed by atoms with E-state index in [9.17, 15) is 10.3 Å². The normalized spacial score (nSPS) is 25.3. The van der Waals surface area contributed by atoms with Gasteiger partial charge in [-0.1, -0.05) is 20.8 Å². The van der Waals surface area contributed by atoms with Gasteiger partial charge in [-0.25, -0.2) is 9.97 Å². The molecule has 0 bridgehead atoms. The summed E-state index contributed by atoms with van der Waals surface area (Å²) in [4.78, 5) is 14.3. The molecule has 3 N–H and O–H groups in total. The zero-order chi connectivity index (χ0) is 25.8. The Labute approximate surface area is 214 Å². The number of fused-ring (bicyclic) bond motifs is 2. The summed E-state index contributed by atoms with van der Waals surface area (Å²) in [5.41, 5.74) is 2.24. The number of nitrogens with one attached hydrogen (secondary N) is 2. The minimum Gasteiger partial charge on any atom is -0.619 e. The van der Waals surface area contributed by atoms with Gasteiger partial charge in [0.25, 0.3) is 0 Å². The first-order chi connectivity index (χ1) is 16.9. The lowest BCUT2D eigenvalue weighted by atomic mass is 9.97. The molecule has 4 atom stereocenters. The number of hydrogen-bond acceptors (Lipinski definition) is 10. The van der Waals surface area contributed by atoms with Crippen molar-refractivity contribution in [1.29, 1.82) is 0 Å². The molecule has 2 aliphatic rings. The number of aliphatic hydroxyl groups excluding tert-OH is 1. The Morgan fingerprint density at radius 1 is 1.22 bits per heavy atom. The van der Waals surface area contributed by atoms with E-state index >= 15 is 0 Å². The van der Waals surface area contributed by atoms with Gasteiger partial charge in [0.15, 0.2) is 12.0 Å². The van der Waals surface area contributed by atoms with Crippen molar-refractivity contribution in [2.75, 3.05) is 23.8 Å². The molecule has 1 aliphatic heterocycles. The molecule has 5 rings (SSSR count). The van der Waals surface area contributed by atoms with Gasteiger partial charge in [-0.15, -0.1) is 11.3 Å².